The molecule has 4 N–H and O–H groups in total. The Morgan fingerprint density at radius 1 is 1.41 bits per heavy atom. The maximum atomic E-state index is 9.33. The molecule has 1 aliphatic carbocycles. The molecule has 2 heterocycles. The summed E-state index contributed by atoms with van der Waals surface area (Å²) in [5, 5.41) is 21.2. The third-order valence-electron chi connectivity index (χ3n) is 4.84. The van der Waals surface area contributed by atoms with Crippen LogP contribution in [0.5, 0.6) is 0 Å². The maximum absolute atomic E-state index is 9.33. The van der Waals surface area contributed by atoms with Crippen molar-refractivity contribution in [1.29, 1.82) is 10.7 Å². The van der Waals surface area contributed by atoms with Gasteiger partial charge in [-0.3, -0.25) is 10.4 Å². The Bertz CT molecular complexity index is 921. The average Bonchev–Trinajstić information content (AvgIpc) is 2.66. The molecule has 6 nitrogen and oxygen atoms in total. The first-order chi connectivity index (χ1) is 12.9. The molecule has 0 aromatic carbocycles. The second-order valence-electron chi connectivity index (χ2n) is 7.67. The zero-order valence-electron chi connectivity index (χ0n) is 15.7. The average molecular weight is 360 g/mol. The van der Waals surface area contributed by atoms with E-state index in [0.29, 0.717) is 23.6 Å². The Morgan fingerprint density at radius 2 is 2.22 bits per heavy atom. The summed E-state index contributed by atoms with van der Waals surface area (Å²) in [6.45, 7) is 4.93. The summed E-state index contributed by atoms with van der Waals surface area (Å²) >= 11 is 0. The number of hydrogen-bond acceptors (Lipinski definition) is 6. The number of nitrogens with two attached hydrogens (primary N) is 1. The van der Waals surface area contributed by atoms with Crippen molar-refractivity contribution in [3.63, 3.8) is 0 Å². The standard InChI is InChI=1S/C21H24N6/c1-21(2)6-5-17(18(23)10-21)20(24)15-8-16(11-22)27-19(9-15)26-13-14-4-3-7-25-12-14/h3-4,7-9,12,24H,5-6,10,13,23H2,1-2H3,(H,26,27). The molecule has 0 saturated carbocycles. The zero-order valence-corrected chi connectivity index (χ0v) is 15.7. The highest BCUT2D eigenvalue weighted by molar-refractivity contribution is 6.11. The van der Waals surface area contributed by atoms with Crippen molar-refractivity contribution < 1.29 is 0 Å². The Kier molecular flexibility index (Phi) is 5.22. The van der Waals surface area contributed by atoms with Crippen LogP contribution in [0.1, 0.15) is 49.9 Å². The fourth-order valence-electron chi connectivity index (χ4n) is 3.31. The predicted molar refractivity (Wildman–Crippen MR) is 106 cm³/mol. The van der Waals surface area contributed by atoms with E-state index in [9.17, 15) is 5.26 Å². The molecule has 138 valence electrons. The van der Waals surface area contributed by atoms with Gasteiger partial charge in [0, 0.05) is 30.2 Å². The lowest BCUT2D eigenvalue weighted by molar-refractivity contribution is 0.315. The highest BCUT2D eigenvalue weighted by atomic mass is 15.0. The molecular formula is C21H24N6. The normalized spacial score (nSPS) is 15.9. The minimum Gasteiger partial charge on any atom is -0.402 e. The van der Waals surface area contributed by atoms with Crippen molar-refractivity contribution >= 4 is 11.5 Å². The second kappa shape index (κ2) is 7.58. The van der Waals surface area contributed by atoms with E-state index >= 15 is 0 Å². The quantitative estimate of drug-likeness (QED) is 0.703. The first-order valence-corrected chi connectivity index (χ1v) is 9.00. The summed E-state index contributed by atoms with van der Waals surface area (Å²) in [7, 11) is 0. The molecule has 6 heteroatoms. The van der Waals surface area contributed by atoms with E-state index in [-0.39, 0.29) is 11.1 Å². The van der Waals surface area contributed by atoms with Crippen LogP contribution in [0.4, 0.5) is 5.82 Å². The molecule has 2 aromatic heterocycles. The molecule has 0 fully saturated rings. The number of nitrogens with zero attached hydrogens (tertiary/aromatic N) is 3. The summed E-state index contributed by atoms with van der Waals surface area (Å²) in [4.78, 5) is 8.39. The van der Waals surface area contributed by atoms with Crippen LogP contribution in [0.15, 0.2) is 47.9 Å². The molecule has 0 amide bonds. The summed E-state index contributed by atoms with van der Waals surface area (Å²) in [6.07, 6.45) is 6.06. The van der Waals surface area contributed by atoms with Crippen molar-refractivity contribution in [3.05, 3.63) is 64.8 Å². The third-order valence-corrected chi connectivity index (χ3v) is 4.84. The van der Waals surface area contributed by atoms with Gasteiger partial charge in [-0.2, -0.15) is 5.26 Å². The largest absolute Gasteiger partial charge is 0.402 e. The van der Waals surface area contributed by atoms with Gasteiger partial charge in [-0.25, -0.2) is 4.98 Å². The van der Waals surface area contributed by atoms with Crippen LogP contribution in [-0.4, -0.2) is 15.7 Å². The van der Waals surface area contributed by atoms with E-state index < -0.39 is 0 Å². The number of nitrogens with one attached hydrogen (secondary N) is 2. The van der Waals surface area contributed by atoms with Gasteiger partial charge in [0.25, 0.3) is 0 Å². The lowest BCUT2D eigenvalue weighted by Gasteiger charge is -2.31. The molecule has 0 saturated heterocycles. The molecule has 0 atom stereocenters. The summed E-state index contributed by atoms with van der Waals surface area (Å²) < 4.78 is 0. The molecule has 0 bridgehead atoms. The van der Waals surface area contributed by atoms with E-state index in [1.807, 2.05) is 12.1 Å². The molecule has 2 aromatic rings. The second-order valence-corrected chi connectivity index (χ2v) is 7.67. The first kappa shape index (κ1) is 18.6. The number of nitriles is 1. The van der Waals surface area contributed by atoms with E-state index in [1.165, 1.54) is 0 Å². The van der Waals surface area contributed by atoms with Gasteiger partial charge in [0.1, 0.15) is 17.6 Å². The smallest absolute Gasteiger partial charge is 0.143 e. The Balaban J connectivity index is 1.85. The van der Waals surface area contributed by atoms with Gasteiger partial charge in [0.2, 0.25) is 0 Å². The summed E-state index contributed by atoms with van der Waals surface area (Å²) in [5.41, 5.74) is 10.4. The van der Waals surface area contributed by atoms with Gasteiger partial charge in [-0.15, -0.1) is 0 Å². The number of anilines is 1. The van der Waals surface area contributed by atoms with Gasteiger partial charge in [0.15, 0.2) is 0 Å². The Labute approximate surface area is 159 Å². The molecule has 0 unspecified atom stereocenters. The molecule has 1 aliphatic rings. The molecule has 0 aliphatic heterocycles. The Hall–Kier alpha value is -3.20. The predicted octanol–water partition coefficient (Wildman–Crippen LogP) is 3.75. The van der Waals surface area contributed by atoms with E-state index in [1.54, 1.807) is 24.5 Å². The van der Waals surface area contributed by atoms with Crippen LogP contribution in [0.25, 0.3) is 0 Å². The maximum Gasteiger partial charge on any atom is 0.143 e. The fraction of sp³-hybridized carbons (Fsp3) is 0.333. The van der Waals surface area contributed by atoms with Crippen LogP contribution in [-0.2, 0) is 6.54 Å². The highest BCUT2D eigenvalue weighted by Crippen LogP contribution is 2.37. The van der Waals surface area contributed by atoms with Crippen LogP contribution < -0.4 is 11.1 Å². The molecule has 3 rings (SSSR count). The van der Waals surface area contributed by atoms with Crippen LogP contribution >= 0.6 is 0 Å². The summed E-state index contributed by atoms with van der Waals surface area (Å²) in [6, 6.07) is 9.37. The first-order valence-electron chi connectivity index (χ1n) is 9.00. The number of rotatable bonds is 5. The molecule has 0 spiro atoms. The van der Waals surface area contributed by atoms with Crippen LogP contribution in [0.2, 0.25) is 0 Å². The number of pyridine rings is 2. The minimum absolute atomic E-state index is 0.167. The monoisotopic (exact) mass is 360 g/mol. The van der Waals surface area contributed by atoms with Gasteiger partial charge in [0.05, 0.1) is 5.71 Å². The van der Waals surface area contributed by atoms with Gasteiger partial charge < -0.3 is 11.1 Å². The third kappa shape index (κ3) is 4.50. The molecule has 0 radical (unpaired) electrons. The number of allylic oxidation sites excluding steroid dienone is 2. The van der Waals surface area contributed by atoms with Crippen LogP contribution in [0.3, 0.4) is 0 Å². The SMILES string of the molecule is CC1(C)CCC(C(=N)c2cc(C#N)nc(NCc3cccnc3)c2)=C(N)C1. The van der Waals surface area contributed by atoms with Crippen LogP contribution in [0, 0.1) is 22.2 Å². The van der Waals surface area contributed by atoms with Crippen molar-refractivity contribution in [2.75, 3.05) is 5.32 Å². The molecule has 27 heavy (non-hydrogen) atoms. The van der Waals surface area contributed by atoms with E-state index in [2.05, 4.69) is 35.2 Å². The fourth-order valence-corrected chi connectivity index (χ4v) is 3.31. The number of aromatic nitrogens is 2. The van der Waals surface area contributed by atoms with Crippen molar-refractivity contribution in [1.82, 2.24) is 9.97 Å². The number of hydrogen-bond donors (Lipinski definition) is 3. The molecular weight excluding hydrogens is 336 g/mol. The lowest BCUT2D eigenvalue weighted by Crippen LogP contribution is -2.25. The van der Waals surface area contributed by atoms with Gasteiger partial charge >= 0.3 is 0 Å². The van der Waals surface area contributed by atoms with E-state index in [4.69, 9.17) is 11.1 Å². The summed E-state index contributed by atoms with van der Waals surface area (Å²) in [5.74, 6) is 0.563. The lowest BCUT2D eigenvalue weighted by atomic mass is 9.75. The van der Waals surface area contributed by atoms with Gasteiger partial charge in [-0.1, -0.05) is 19.9 Å². The zero-order chi connectivity index (χ0) is 19.4. The Morgan fingerprint density at radius 3 is 2.89 bits per heavy atom. The topological polar surface area (TPSA) is 111 Å². The van der Waals surface area contributed by atoms with Crippen molar-refractivity contribution in [2.45, 2.75) is 39.7 Å². The minimum atomic E-state index is 0.167. The highest BCUT2D eigenvalue weighted by Gasteiger charge is 2.28. The van der Waals surface area contributed by atoms with Crippen molar-refractivity contribution in [3.8, 4) is 6.07 Å². The van der Waals surface area contributed by atoms with Gasteiger partial charge in [-0.05, 0) is 54.0 Å². The van der Waals surface area contributed by atoms with E-state index in [0.717, 1.165) is 36.1 Å². The van der Waals surface area contributed by atoms with Crippen molar-refractivity contribution in [2.24, 2.45) is 11.1 Å².